The first kappa shape index (κ1) is 35.7. The normalized spacial score (nSPS) is 19.0. The SMILES string of the molecule is CCOc1cnc(N2CCC(CCCOc3ccc(CC(=O)N4CCN(C[C@H](O)[C@@H](O)[C@H](O)[C@H](O)CO)CC4)c(F)c3)CC2)nc1. The second-order valence-electron chi connectivity index (χ2n) is 12.0. The van der Waals surface area contributed by atoms with Crippen LogP contribution in [0.1, 0.15) is 38.2 Å². The van der Waals surface area contributed by atoms with Gasteiger partial charge in [0, 0.05) is 51.9 Å². The third kappa shape index (κ3) is 10.2. The molecule has 13 nitrogen and oxygen atoms in total. The van der Waals surface area contributed by atoms with Crippen molar-refractivity contribution >= 4 is 11.9 Å². The maximum Gasteiger partial charge on any atom is 0.227 e. The van der Waals surface area contributed by atoms with Crippen LogP contribution in [0.4, 0.5) is 10.3 Å². The molecule has 4 rings (SSSR count). The molecule has 0 bridgehead atoms. The molecule has 2 fully saturated rings. The van der Waals surface area contributed by atoms with Gasteiger partial charge in [-0.25, -0.2) is 14.4 Å². The summed E-state index contributed by atoms with van der Waals surface area (Å²) in [5.41, 5.74) is 0.290. The van der Waals surface area contributed by atoms with E-state index in [0.717, 1.165) is 44.7 Å². The summed E-state index contributed by atoms with van der Waals surface area (Å²) in [4.78, 5) is 27.3. The lowest BCUT2D eigenvalue weighted by molar-refractivity contribution is -0.134. The van der Waals surface area contributed by atoms with Crippen molar-refractivity contribution in [2.75, 3.05) is 70.5 Å². The first-order chi connectivity index (χ1) is 22.2. The summed E-state index contributed by atoms with van der Waals surface area (Å²) in [5, 5.41) is 48.4. The lowest BCUT2D eigenvalue weighted by Gasteiger charge is -2.37. The number of carbonyl (C=O) groups excluding carboxylic acids is 1. The molecular formula is C32H48FN5O8. The average molecular weight is 650 g/mol. The molecule has 1 aromatic heterocycles. The zero-order chi connectivity index (χ0) is 33.1. The molecule has 2 aromatic rings. The van der Waals surface area contributed by atoms with Crippen molar-refractivity contribution < 1.29 is 44.2 Å². The number of aliphatic hydroxyl groups excluding tert-OH is 5. The smallest absolute Gasteiger partial charge is 0.227 e. The average Bonchev–Trinajstić information content (AvgIpc) is 3.07. The highest BCUT2D eigenvalue weighted by Crippen LogP contribution is 2.25. The number of carbonyl (C=O) groups is 1. The van der Waals surface area contributed by atoms with Crippen LogP contribution in [-0.4, -0.2) is 141 Å². The fourth-order valence-corrected chi connectivity index (χ4v) is 5.85. The lowest BCUT2D eigenvalue weighted by atomic mass is 9.92. The van der Waals surface area contributed by atoms with E-state index in [4.69, 9.17) is 14.6 Å². The molecule has 1 aromatic carbocycles. The summed E-state index contributed by atoms with van der Waals surface area (Å²) in [6.45, 7) is 5.62. The Morgan fingerprint density at radius 3 is 2.26 bits per heavy atom. The van der Waals surface area contributed by atoms with E-state index in [0.29, 0.717) is 56.8 Å². The molecule has 0 radical (unpaired) electrons. The number of aliphatic hydroxyl groups is 5. The van der Waals surface area contributed by atoms with Crippen LogP contribution < -0.4 is 14.4 Å². The molecule has 1 amide bonds. The maximum atomic E-state index is 14.9. The molecule has 2 saturated heterocycles. The number of rotatable bonds is 16. The predicted octanol–water partition coefficient (Wildman–Crippen LogP) is 0.213. The number of hydrogen-bond donors (Lipinski definition) is 5. The largest absolute Gasteiger partial charge is 0.493 e. The van der Waals surface area contributed by atoms with Gasteiger partial charge in [-0.05, 0) is 50.2 Å². The van der Waals surface area contributed by atoms with Gasteiger partial charge in [0.05, 0.1) is 44.7 Å². The van der Waals surface area contributed by atoms with E-state index in [9.17, 15) is 29.6 Å². The highest BCUT2D eigenvalue weighted by molar-refractivity contribution is 5.79. The quantitative estimate of drug-likeness (QED) is 0.157. The van der Waals surface area contributed by atoms with E-state index < -0.39 is 36.8 Å². The highest BCUT2D eigenvalue weighted by atomic mass is 19.1. The lowest BCUT2D eigenvalue weighted by Crippen LogP contribution is -2.54. The van der Waals surface area contributed by atoms with Gasteiger partial charge in [0.2, 0.25) is 11.9 Å². The van der Waals surface area contributed by atoms with Crippen LogP contribution in [0, 0.1) is 11.7 Å². The minimum Gasteiger partial charge on any atom is -0.493 e. The van der Waals surface area contributed by atoms with Crippen molar-refractivity contribution in [2.24, 2.45) is 5.92 Å². The number of aromatic nitrogens is 2. The molecule has 256 valence electrons. The van der Waals surface area contributed by atoms with Gasteiger partial charge in [-0.3, -0.25) is 9.69 Å². The fraction of sp³-hybridized carbons (Fsp3) is 0.656. The Kier molecular flexibility index (Phi) is 13.7. The first-order valence-electron chi connectivity index (χ1n) is 16.1. The van der Waals surface area contributed by atoms with E-state index in [1.54, 1.807) is 29.4 Å². The minimum atomic E-state index is -1.68. The van der Waals surface area contributed by atoms with Gasteiger partial charge in [0.1, 0.15) is 29.9 Å². The van der Waals surface area contributed by atoms with Gasteiger partial charge in [0.25, 0.3) is 0 Å². The summed E-state index contributed by atoms with van der Waals surface area (Å²) in [6, 6.07) is 4.60. The second-order valence-corrected chi connectivity index (χ2v) is 12.0. The number of piperidine rings is 1. The van der Waals surface area contributed by atoms with Crippen molar-refractivity contribution in [2.45, 2.75) is 63.4 Å². The predicted molar refractivity (Wildman–Crippen MR) is 167 cm³/mol. The van der Waals surface area contributed by atoms with E-state index >= 15 is 0 Å². The molecule has 0 aliphatic carbocycles. The molecule has 3 heterocycles. The Balaban J connectivity index is 1.12. The van der Waals surface area contributed by atoms with Gasteiger partial charge in [-0.1, -0.05) is 6.07 Å². The monoisotopic (exact) mass is 649 g/mol. The highest BCUT2D eigenvalue weighted by Gasteiger charge is 2.32. The Morgan fingerprint density at radius 1 is 0.957 bits per heavy atom. The second kappa shape index (κ2) is 17.7. The molecule has 46 heavy (non-hydrogen) atoms. The van der Waals surface area contributed by atoms with Gasteiger partial charge in [0.15, 0.2) is 5.75 Å². The molecule has 4 atom stereocenters. The van der Waals surface area contributed by atoms with Crippen molar-refractivity contribution in [3.8, 4) is 11.5 Å². The standard InChI is InChI=1S/C32H48FN5O8/c1-2-45-25-18-34-32(35-19-25)38-9-7-22(8-10-38)4-3-15-46-24-6-5-23(26(33)17-24)16-29(42)37-13-11-36(12-14-37)20-27(40)30(43)31(44)28(41)21-39/h5-6,17-19,22,27-28,30-31,39-41,43-44H,2-4,7-16,20-21H2,1H3/t27-,28+,30+,31+/m0/s1. The summed E-state index contributed by atoms with van der Waals surface area (Å²) < 4.78 is 26.1. The van der Waals surface area contributed by atoms with Crippen LogP contribution in [0.2, 0.25) is 0 Å². The Labute approximate surface area is 269 Å². The van der Waals surface area contributed by atoms with Crippen LogP contribution in [0.25, 0.3) is 0 Å². The molecule has 14 heteroatoms. The zero-order valence-electron chi connectivity index (χ0n) is 26.5. The topological polar surface area (TPSA) is 172 Å². The molecule has 2 aliphatic rings. The number of nitrogens with zero attached hydrogens (tertiary/aromatic N) is 5. The van der Waals surface area contributed by atoms with Gasteiger partial charge >= 0.3 is 0 Å². The Morgan fingerprint density at radius 2 is 1.63 bits per heavy atom. The van der Waals surface area contributed by atoms with E-state index in [1.807, 2.05) is 11.8 Å². The van der Waals surface area contributed by atoms with Crippen molar-refractivity contribution in [1.29, 1.82) is 0 Å². The first-order valence-corrected chi connectivity index (χ1v) is 16.1. The molecule has 2 aliphatic heterocycles. The van der Waals surface area contributed by atoms with Gasteiger partial charge in [-0.15, -0.1) is 0 Å². The van der Waals surface area contributed by atoms with Crippen molar-refractivity contribution in [3.63, 3.8) is 0 Å². The summed E-state index contributed by atoms with van der Waals surface area (Å²) in [7, 11) is 0. The van der Waals surface area contributed by atoms with Crippen LogP contribution in [0.5, 0.6) is 11.5 Å². The number of amides is 1. The Bertz CT molecular complexity index is 1210. The van der Waals surface area contributed by atoms with Crippen LogP contribution >= 0.6 is 0 Å². The van der Waals surface area contributed by atoms with Crippen LogP contribution in [0.15, 0.2) is 30.6 Å². The molecule has 0 spiro atoms. The number of halogens is 1. The van der Waals surface area contributed by atoms with Crippen LogP contribution in [0.3, 0.4) is 0 Å². The van der Waals surface area contributed by atoms with Gasteiger partial charge < -0.3 is 44.8 Å². The summed E-state index contributed by atoms with van der Waals surface area (Å²) in [5.74, 6) is 1.71. The van der Waals surface area contributed by atoms with E-state index in [2.05, 4.69) is 14.9 Å². The molecule has 5 N–H and O–H groups in total. The van der Waals surface area contributed by atoms with E-state index in [1.165, 1.54) is 6.07 Å². The fourth-order valence-electron chi connectivity index (χ4n) is 5.85. The van der Waals surface area contributed by atoms with E-state index in [-0.39, 0.29) is 24.4 Å². The van der Waals surface area contributed by atoms with Crippen molar-refractivity contribution in [1.82, 2.24) is 19.8 Å². The number of β-amino-alcohol motifs (C(OH)–C–C–N with tert-alkyl or cyclic N) is 1. The Hall–Kier alpha value is -3.14. The third-order valence-corrected chi connectivity index (χ3v) is 8.71. The summed E-state index contributed by atoms with van der Waals surface area (Å²) >= 11 is 0. The van der Waals surface area contributed by atoms with Gasteiger partial charge in [-0.2, -0.15) is 0 Å². The maximum absolute atomic E-state index is 14.9. The number of piperazine rings is 1. The summed E-state index contributed by atoms with van der Waals surface area (Å²) in [6.07, 6.45) is 1.09. The minimum absolute atomic E-state index is 0.0217. The number of hydrogen-bond acceptors (Lipinski definition) is 12. The zero-order valence-corrected chi connectivity index (χ0v) is 26.5. The number of anilines is 1. The van der Waals surface area contributed by atoms with Crippen LogP contribution in [-0.2, 0) is 11.2 Å². The molecule has 0 unspecified atom stereocenters. The third-order valence-electron chi connectivity index (χ3n) is 8.71. The molecule has 0 saturated carbocycles. The molecular weight excluding hydrogens is 601 g/mol. The van der Waals surface area contributed by atoms with Crippen molar-refractivity contribution in [3.05, 3.63) is 42.0 Å². The number of ether oxygens (including phenoxy) is 2. The number of benzene rings is 1.